The average Bonchev–Trinajstić information content (AvgIpc) is 3.16. The number of anilines is 1. The molecule has 36 heavy (non-hydrogen) atoms. The van der Waals surface area contributed by atoms with Crippen molar-refractivity contribution in [3.05, 3.63) is 125 Å². The summed E-state index contributed by atoms with van der Waals surface area (Å²) in [5.41, 5.74) is 2.47. The van der Waals surface area contributed by atoms with Crippen molar-refractivity contribution in [2.75, 3.05) is 4.90 Å². The summed E-state index contributed by atoms with van der Waals surface area (Å²) in [4.78, 5) is 27.9. The van der Waals surface area contributed by atoms with E-state index in [2.05, 4.69) is 0 Å². The number of aliphatic hydroxyl groups is 1. The summed E-state index contributed by atoms with van der Waals surface area (Å²) >= 11 is 0. The monoisotopic (exact) mass is 477 g/mol. The number of hydrogen-bond acceptors (Lipinski definition) is 5. The zero-order chi connectivity index (χ0) is 25.2. The molecule has 1 saturated heterocycles. The van der Waals surface area contributed by atoms with Gasteiger partial charge in [0.25, 0.3) is 11.7 Å². The van der Waals surface area contributed by atoms with Crippen molar-refractivity contribution < 1.29 is 24.5 Å². The fourth-order valence-electron chi connectivity index (χ4n) is 4.24. The Morgan fingerprint density at radius 1 is 0.778 bits per heavy atom. The summed E-state index contributed by atoms with van der Waals surface area (Å²) in [5, 5.41) is 21.0. The normalized spacial score (nSPS) is 16.8. The number of nitrogens with zero attached hydrogens (tertiary/aromatic N) is 1. The van der Waals surface area contributed by atoms with Crippen LogP contribution in [-0.2, 0) is 9.59 Å². The van der Waals surface area contributed by atoms with Crippen LogP contribution in [0.5, 0.6) is 17.2 Å². The van der Waals surface area contributed by atoms with Crippen LogP contribution in [0.25, 0.3) is 5.76 Å². The third-order valence-electron chi connectivity index (χ3n) is 6.07. The molecule has 1 heterocycles. The van der Waals surface area contributed by atoms with Crippen LogP contribution < -0.4 is 9.64 Å². The first-order valence-electron chi connectivity index (χ1n) is 11.4. The van der Waals surface area contributed by atoms with Gasteiger partial charge in [-0.3, -0.25) is 14.5 Å². The molecule has 1 aliphatic rings. The van der Waals surface area contributed by atoms with Gasteiger partial charge in [0, 0.05) is 11.3 Å². The number of amides is 1. The van der Waals surface area contributed by atoms with Gasteiger partial charge in [0.05, 0.1) is 11.6 Å². The van der Waals surface area contributed by atoms with E-state index in [9.17, 15) is 19.8 Å². The number of ether oxygens (including phenoxy) is 1. The third-order valence-corrected chi connectivity index (χ3v) is 6.07. The number of aryl methyl sites for hydroxylation is 1. The molecule has 1 fully saturated rings. The predicted octanol–water partition coefficient (Wildman–Crippen LogP) is 6.12. The van der Waals surface area contributed by atoms with E-state index < -0.39 is 17.7 Å². The van der Waals surface area contributed by atoms with Gasteiger partial charge in [-0.05, 0) is 61.0 Å². The number of hydrogen-bond donors (Lipinski definition) is 2. The van der Waals surface area contributed by atoms with E-state index in [1.807, 2.05) is 49.4 Å². The van der Waals surface area contributed by atoms with E-state index in [0.29, 0.717) is 28.3 Å². The van der Waals surface area contributed by atoms with E-state index in [0.717, 1.165) is 5.56 Å². The number of benzene rings is 4. The number of phenolic OH excluding ortho intramolecular Hbond substituents is 1. The smallest absolute Gasteiger partial charge is 0.300 e. The quantitative estimate of drug-likeness (QED) is 0.205. The largest absolute Gasteiger partial charge is 0.508 e. The topological polar surface area (TPSA) is 87.1 Å². The predicted molar refractivity (Wildman–Crippen MR) is 137 cm³/mol. The van der Waals surface area contributed by atoms with Gasteiger partial charge in [0.2, 0.25) is 0 Å². The number of rotatable bonds is 5. The Labute approximate surface area is 208 Å². The fraction of sp³-hybridized carbons (Fsp3) is 0.0667. The van der Waals surface area contributed by atoms with Crippen LogP contribution in [0.3, 0.4) is 0 Å². The second kappa shape index (κ2) is 9.43. The standard InChI is InChI=1S/C30H23NO5/c1-19-7-9-21(10-8-19)28(33)26-27(20-11-15-23(32)16-12-20)31(30(35)29(26)34)22-13-17-25(18-14-22)36-24-5-3-2-4-6-24/h2-18,27,32-33H,1H3/b28-26+. The van der Waals surface area contributed by atoms with Crippen molar-refractivity contribution in [1.82, 2.24) is 0 Å². The fourth-order valence-corrected chi connectivity index (χ4v) is 4.24. The number of Topliss-reactive ketones (excluding diaryl/α,β-unsaturated/α-hetero) is 1. The number of aliphatic hydroxyl groups excluding tert-OH is 1. The number of carbonyl (C=O) groups excluding carboxylic acids is 2. The molecule has 0 radical (unpaired) electrons. The molecular weight excluding hydrogens is 454 g/mol. The van der Waals surface area contributed by atoms with Gasteiger partial charge in [-0.2, -0.15) is 0 Å². The summed E-state index contributed by atoms with van der Waals surface area (Å²) in [5.74, 6) is -0.487. The molecule has 1 aliphatic heterocycles. The van der Waals surface area contributed by atoms with Gasteiger partial charge in [0.15, 0.2) is 0 Å². The van der Waals surface area contributed by atoms with E-state index >= 15 is 0 Å². The molecule has 6 heteroatoms. The second-order valence-corrected chi connectivity index (χ2v) is 8.54. The van der Waals surface area contributed by atoms with Gasteiger partial charge >= 0.3 is 0 Å². The van der Waals surface area contributed by atoms with Crippen molar-refractivity contribution in [2.45, 2.75) is 13.0 Å². The minimum absolute atomic E-state index is 0.0147. The van der Waals surface area contributed by atoms with Crippen LogP contribution in [0.4, 0.5) is 5.69 Å². The average molecular weight is 478 g/mol. The Morgan fingerprint density at radius 3 is 2.03 bits per heavy atom. The van der Waals surface area contributed by atoms with Crippen molar-refractivity contribution >= 4 is 23.1 Å². The number of aromatic hydroxyl groups is 1. The molecule has 0 aliphatic carbocycles. The summed E-state index contributed by atoms with van der Waals surface area (Å²) in [7, 11) is 0. The van der Waals surface area contributed by atoms with Crippen LogP contribution in [0.2, 0.25) is 0 Å². The second-order valence-electron chi connectivity index (χ2n) is 8.54. The van der Waals surface area contributed by atoms with Crippen molar-refractivity contribution in [3.8, 4) is 17.2 Å². The van der Waals surface area contributed by atoms with Gasteiger partial charge in [-0.25, -0.2) is 0 Å². The Balaban J connectivity index is 1.58. The van der Waals surface area contributed by atoms with Crippen LogP contribution in [0, 0.1) is 6.92 Å². The Hall–Kier alpha value is -4.84. The Bertz CT molecular complexity index is 1440. The van der Waals surface area contributed by atoms with Gasteiger partial charge in [-0.1, -0.05) is 60.2 Å². The lowest BCUT2D eigenvalue weighted by molar-refractivity contribution is -0.132. The molecule has 1 amide bonds. The highest BCUT2D eigenvalue weighted by molar-refractivity contribution is 6.51. The highest BCUT2D eigenvalue weighted by atomic mass is 16.5. The van der Waals surface area contributed by atoms with E-state index in [4.69, 9.17) is 4.74 Å². The van der Waals surface area contributed by atoms with E-state index in [1.54, 1.807) is 48.5 Å². The molecule has 0 spiro atoms. The van der Waals surface area contributed by atoms with Gasteiger partial charge in [0.1, 0.15) is 23.0 Å². The molecule has 5 rings (SSSR count). The van der Waals surface area contributed by atoms with Crippen LogP contribution in [-0.4, -0.2) is 21.9 Å². The molecular formula is C30H23NO5. The molecule has 178 valence electrons. The summed E-state index contributed by atoms with van der Waals surface area (Å²) in [6.45, 7) is 1.92. The lowest BCUT2D eigenvalue weighted by Crippen LogP contribution is -2.29. The number of carbonyl (C=O) groups is 2. The Morgan fingerprint density at radius 2 is 1.39 bits per heavy atom. The molecule has 4 aromatic carbocycles. The molecule has 6 nitrogen and oxygen atoms in total. The molecule has 1 atom stereocenters. The third kappa shape index (κ3) is 4.32. The SMILES string of the molecule is Cc1ccc(/C(O)=C2\C(=O)C(=O)N(c3ccc(Oc4ccccc4)cc3)C2c2ccc(O)cc2)cc1. The summed E-state index contributed by atoms with van der Waals surface area (Å²) < 4.78 is 5.85. The molecule has 2 N–H and O–H groups in total. The van der Waals surface area contributed by atoms with E-state index in [-0.39, 0.29) is 17.1 Å². The van der Waals surface area contributed by atoms with Crippen molar-refractivity contribution in [3.63, 3.8) is 0 Å². The van der Waals surface area contributed by atoms with Crippen molar-refractivity contribution in [1.29, 1.82) is 0 Å². The minimum Gasteiger partial charge on any atom is -0.508 e. The number of para-hydroxylation sites is 1. The van der Waals surface area contributed by atoms with Crippen LogP contribution >= 0.6 is 0 Å². The highest BCUT2D eigenvalue weighted by Gasteiger charge is 2.47. The first-order chi connectivity index (χ1) is 17.4. The lowest BCUT2D eigenvalue weighted by atomic mass is 9.95. The zero-order valence-corrected chi connectivity index (χ0v) is 19.5. The van der Waals surface area contributed by atoms with Crippen LogP contribution in [0.1, 0.15) is 22.7 Å². The van der Waals surface area contributed by atoms with Gasteiger partial charge < -0.3 is 14.9 Å². The molecule has 0 saturated carbocycles. The van der Waals surface area contributed by atoms with Gasteiger partial charge in [-0.15, -0.1) is 0 Å². The zero-order valence-electron chi connectivity index (χ0n) is 19.5. The first kappa shape index (κ1) is 22.9. The van der Waals surface area contributed by atoms with Crippen molar-refractivity contribution in [2.24, 2.45) is 0 Å². The first-order valence-corrected chi connectivity index (χ1v) is 11.4. The maximum atomic E-state index is 13.3. The molecule has 4 aromatic rings. The lowest BCUT2D eigenvalue weighted by Gasteiger charge is -2.25. The summed E-state index contributed by atoms with van der Waals surface area (Å²) in [6, 6.07) is 28.6. The molecule has 0 bridgehead atoms. The Kier molecular flexibility index (Phi) is 6.00. The van der Waals surface area contributed by atoms with E-state index in [1.165, 1.54) is 17.0 Å². The molecule has 0 aromatic heterocycles. The molecule has 1 unspecified atom stereocenters. The maximum Gasteiger partial charge on any atom is 0.300 e. The highest BCUT2D eigenvalue weighted by Crippen LogP contribution is 2.43. The number of phenols is 1. The summed E-state index contributed by atoms with van der Waals surface area (Å²) in [6.07, 6.45) is 0. The van der Waals surface area contributed by atoms with Crippen LogP contribution in [0.15, 0.2) is 109 Å². The minimum atomic E-state index is -0.882. The maximum absolute atomic E-state index is 13.3. The number of ketones is 1.